The number of hydrogen-bond acceptors (Lipinski definition) is 2. The molecule has 1 aromatic rings. The number of fused-ring (bicyclic) bond motifs is 1. The van der Waals surface area contributed by atoms with Crippen LogP contribution in [0.15, 0.2) is 18.2 Å². The molecule has 3 nitrogen and oxygen atoms in total. The summed E-state index contributed by atoms with van der Waals surface area (Å²) >= 11 is -1.34. The van der Waals surface area contributed by atoms with Gasteiger partial charge in [-0.05, 0) is 18.6 Å². The van der Waals surface area contributed by atoms with E-state index in [9.17, 15) is 4.21 Å². The fourth-order valence-electron chi connectivity index (χ4n) is 1.20. The van der Waals surface area contributed by atoms with E-state index in [-0.39, 0.29) is 0 Å². The van der Waals surface area contributed by atoms with Crippen molar-refractivity contribution in [3.63, 3.8) is 0 Å². The van der Waals surface area contributed by atoms with Gasteiger partial charge in [0, 0.05) is 7.05 Å². The third-order valence-electron chi connectivity index (χ3n) is 1.91. The lowest BCUT2D eigenvalue weighted by atomic mass is 10.2. The van der Waals surface area contributed by atoms with Crippen LogP contribution in [0.3, 0.4) is 0 Å². The van der Waals surface area contributed by atoms with E-state index in [1.807, 2.05) is 25.1 Å². The predicted molar refractivity (Wildman–Crippen MR) is 48.4 cm³/mol. The van der Waals surface area contributed by atoms with Gasteiger partial charge in [0.2, 0.25) is 0 Å². The van der Waals surface area contributed by atoms with Gasteiger partial charge in [0.15, 0.2) is 5.75 Å². The molecule has 0 amide bonds. The molecule has 0 radical (unpaired) electrons. The van der Waals surface area contributed by atoms with E-state index in [2.05, 4.69) is 0 Å². The first-order chi connectivity index (χ1) is 5.70. The molecule has 64 valence electrons. The van der Waals surface area contributed by atoms with Gasteiger partial charge in [-0.25, -0.2) is 0 Å². The average Bonchev–Trinajstić information content (AvgIpc) is 2.32. The van der Waals surface area contributed by atoms with Gasteiger partial charge in [-0.2, -0.15) is 4.21 Å². The maximum atomic E-state index is 11.2. The second-order valence-corrected chi connectivity index (χ2v) is 3.87. The Bertz CT molecular complexity index is 351. The molecule has 0 saturated heterocycles. The summed E-state index contributed by atoms with van der Waals surface area (Å²) in [5, 5.41) is 0. The SMILES string of the molecule is Cc1cccc2c1OS(=O)N2C. The van der Waals surface area contributed by atoms with Gasteiger partial charge in [0.05, 0.1) is 5.69 Å². The second-order valence-electron chi connectivity index (χ2n) is 2.72. The van der Waals surface area contributed by atoms with E-state index in [0.29, 0.717) is 0 Å². The van der Waals surface area contributed by atoms with Crippen LogP contribution in [0.2, 0.25) is 0 Å². The highest BCUT2D eigenvalue weighted by molar-refractivity contribution is 7.82. The molecule has 0 saturated carbocycles. The lowest BCUT2D eigenvalue weighted by Crippen LogP contribution is -2.16. The van der Waals surface area contributed by atoms with Gasteiger partial charge >= 0.3 is 11.3 Å². The Kier molecular flexibility index (Phi) is 1.58. The van der Waals surface area contributed by atoms with Crippen molar-refractivity contribution in [2.24, 2.45) is 0 Å². The van der Waals surface area contributed by atoms with Crippen LogP contribution in [0.5, 0.6) is 5.75 Å². The summed E-state index contributed by atoms with van der Waals surface area (Å²) in [5.41, 5.74) is 1.92. The Morgan fingerprint density at radius 2 is 2.25 bits per heavy atom. The van der Waals surface area contributed by atoms with Crippen molar-refractivity contribution in [3.05, 3.63) is 23.8 Å². The summed E-state index contributed by atoms with van der Waals surface area (Å²) < 4.78 is 18.0. The van der Waals surface area contributed by atoms with Gasteiger partial charge < -0.3 is 4.18 Å². The standard InChI is InChI=1S/C8H9NO2S/c1-6-4-3-5-7-8(6)11-12(10)9(7)2/h3-5H,1-2H3. The molecule has 4 heteroatoms. The highest BCUT2D eigenvalue weighted by atomic mass is 32.2. The first-order valence-electron chi connectivity index (χ1n) is 3.63. The quantitative estimate of drug-likeness (QED) is 0.608. The molecule has 1 aliphatic rings. The number of aryl methyl sites for hydroxylation is 1. The van der Waals surface area contributed by atoms with Crippen LogP contribution < -0.4 is 8.49 Å². The third kappa shape index (κ3) is 0.914. The lowest BCUT2D eigenvalue weighted by Gasteiger charge is -2.04. The third-order valence-corrected chi connectivity index (χ3v) is 2.86. The molecule has 1 heterocycles. The van der Waals surface area contributed by atoms with E-state index >= 15 is 0 Å². The molecule has 0 aliphatic carbocycles. The molecule has 0 N–H and O–H groups in total. The Morgan fingerprint density at radius 3 is 2.92 bits per heavy atom. The molecule has 1 unspecified atom stereocenters. The van der Waals surface area contributed by atoms with Crippen molar-refractivity contribution in [2.75, 3.05) is 11.4 Å². The number of hydrogen-bond donors (Lipinski definition) is 0. The van der Waals surface area contributed by atoms with Gasteiger partial charge in [0.25, 0.3) is 0 Å². The van der Waals surface area contributed by atoms with Gasteiger partial charge in [-0.3, -0.25) is 4.31 Å². The number of para-hydroxylation sites is 1. The average molecular weight is 183 g/mol. The summed E-state index contributed by atoms with van der Waals surface area (Å²) in [7, 11) is 1.75. The molecular weight excluding hydrogens is 174 g/mol. The number of benzene rings is 1. The summed E-state index contributed by atoms with van der Waals surface area (Å²) in [6.07, 6.45) is 0. The van der Waals surface area contributed by atoms with Crippen LogP contribution in [0.4, 0.5) is 5.69 Å². The summed E-state index contributed by atoms with van der Waals surface area (Å²) in [4.78, 5) is 0. The van der Waals surface area contributed by atoms with Crippen LogP contribution in [-0.2, 0) is 11.3 Å². The highest BCUT2D eigenvalue weighted by Gasteiger charge is 2.25. The fourth-order valence-corrected chi connectivity index (χ4v) is 1.98. The zero-order chi connectivity index (χ0) is 8.72. The fraction of sp³-hybridized carbons (Fsp3) is 0.250. The van der Waals surface area contributed by atoms with Crippen LogP contribution in [0, 0.1) is 6.92 Å². The molecular formula is C8H9NO2S. The number of nitrogens with zero attached hydrogens (tertiary/aromatic N) is 1. The first kappa shape index (κ1) is 7.61. The highest BCUT2D eigenvalue weighted by Crippen LogP contribution is 2.37. The summed E-state index contributed by atoms with van der Waals surface area (Å²) in [6, 6.07) is 5.76. The zero-order valence-electron chi connectivity index (χ0n) is 6.90. The molecule has 12 heavy (non-hydrogen) atoms. The van der Waals surface area contributed by atoms with Crippen molar-refractivity contribution >= 4 is 17.0 Å². The smallest absolute Gasteiger partial charge is 0.318 e. The van der Waals surface area contributed by atoms with Gasteiger partial charge in [-0.1, -0.05) is 12.1 Å². The van der Waals surface area contributed by atoms with E-state index in [1.165, 1.54) is 0 Å². The maximum Gasteiger partial charge on any atom is 0.318 e. The molecule has 0 aromatic heterocycles. The maximum absolute atomic E-state index is 11.2. The largest absolute Gasteiger partial charge is 0.382 e. The van der Waals surface area contributed by atoms with Crippen LogP contribution in [-0.4, -0.2) is 11.3 Å². The van der Waals surface area contributed by atoms with E-state index < -0.39 is 11.3 Å². The van der Waals surface area contributed by atoms with Crippen molar-refractivity contribution < 1.29 is 8.39 Å². The van der Waals surface area contributed by atoms with Crippen LogP contribution in [0.1, 0.15) is 5.56 Å². The van der Waals surface area contributed by atoms with Crippen molar-refractivity contribution in [3.8, 4) is 5.75 Å². The lowest BCUT2D eigenvalue weighted by molar-refractivity contribution is 0.574. The topological polar surface area (TPSA) is 29.5 Å². The van der Waals surface area contributed by atoms with Gasteiger partial charge in [0.1, 0.15) is 0 Å². The predicted octanol–water partition coefficient (Wildman–Crippen LogP) is 1.40. The van der Waals surface area contributed by atoms with Crippen molar-refractivity contribution in [1.29, 1.82) is 0 Å². The number of rotatable bonds is 0. The van der Waals surface area contributed by atoms with Gasteiger partial charge in [-0.15, -0.1) is 0 Å². The first-order valence-corrected chi connectivity index (χ1v) is 4.67. The monoisotopic (exact) mass is 183 g/mol. The molecule has 0 spiro atoms. The molecule has 0 bridgehead atoms. The Balaban J connectivity index is 2.60. The number of anilines is 1. The Hall–Kier alpha value is -1.03. The Morgan fingerprint density at radius 1 is 1.50 bits per heavy atom. The molecule has 1 aliphatic heterocycles. The van der Waals surface area contributed by atoms with Crippen LogP contribution in [0.25, 0.3) is 0 Å². The molecule has 0 fully saturated rings. The molecule has 1 atom stereocenters. The normalized spacial score (nSPS) is 20.5. The Labute approximate surface area is 73.7 Å². The minimum Gasteiger partial charge on any atom is -0.382 e. The van der Waals surface area contributed by atoms with E-state index in [1.54, 1.807) is 11.4 Å². The van der Waals surface area contributed by atoms with Crippen LogP contribution >= 0.6 is 0 Å². The molecule has 2 rings (SSSR count). The second kappa shape index (κ2) is 2.48. The van der Waals surface area contributed by atoms with E-state index in [0.717, 1.165) is 17.0 Å². The van der Waals surface area contributed by atoms with E-state index in [4.69, 9.17) is 4.18 Å². The van der Waals surface area contributed by atoms with Crippen molar-refractivity contribution in [1.82, 2.24) is 0 Å². The summed E-state index contributed by atoms with van der Waals surface area (Å²) in [6.45, 7) is 1.94. The summed E-state index contributed by atoms with van der Waals surface area (Å²) in [5.74, 6) is 0.735. The minimum atomic E-state index is -1.34. The zero-order valence-corrected chi connectivity index (χ0v) is 7.72. The molecule has 1 aromatic carbocycles. The minimum absolute atomic E-state index is 0.735. The van der Waals surface area contributed by atoms with Crippen molar-refractivity contribution in [2.45, 2.75) is 6.92 Å².